The molecule has 0 unspecified atom stereocenters. The van der Waals surface area contributed by atoms with E-state index in [2.05, 4.69) is 27.8 Å². The van der Waals surface area contributed by atoms with Crippen molar-refractivity contribution in [2.24, 2.45) is 0 Å². The van der Waals surface area contributed by atoms with Crippen LogP contribution in [-0.4, -0.2) is 38.9 Å². The third-order valence-electron chi connectivity index (χ3n) is 6.15. The number of hydrogen-bond donors (Lipinski definition) is 2. The maximum atomic E-state index is 12.9. The molecule has 11 heteroatoms. The highest BCUT2D eigenvalue weighted by Gasteiger charge is 2.18. The van der Waals surface area contributed by atoms with E-state index in [1.54, 1.807) is 47.0 Å². The number of amides is 2. The van der Waals surface area contributed by atoms with Crippen LogP contribution >= 0.6 is 35.0 Å². The van der Waals surface area contributed by atoms with Gasteiger partial charge < -0.3 is 15.4 Å². The van der Waals surface area contributed by atoms with Crippen LogP contribution in [0.2, 0.25) is 10.0 Å². The van der Waals surface area contributed by atoms with E-state index >= 15 is 0 Å². The molecule has 0 atom stereocenters. The number of hydrogen-bond acceptors (Lipinski definition) is 6. The van der Waals surface area contributed by atoms with Gasteiger partial charge in [0, 0.05) is 11.3 Å². The molecule has 2 N–H and O–H groups in total. The molecule has 3 aromatic carbocycles. The van der Waals surface area contributed by atoms with Gasteiger partial charge in [-0.2, -0.15) is 0 Å². The fraction of sp³-hybridized carbons (Fsp3) is 0.267. The molecule has 1 aromatic heterocycles. The Hall–Kier alpha value is -3.53. The molecule has 4 aromatic rings. The number of halogens is 2. The normalized spacial score (nSPS) is 10.9. The second-order valence-corrected chi connectivity index (χ2v) is 11.2. The zero-order valence-electron chi connectivity index (χ0n) is 23.0. The van der Waals surface area contributed by atoms with E-state index in [0.717, 1.165) is 35.4 Å². The molecular formula is C30H31Cl2N5O3S. The van der Waals surface area contributed by atoms with E-state index in [4.69, 9.17) is 27.9 Å². The summed E-state index contributed by atoms with van der Waals surface area (Å²) in [7, 11) is 0. The zero-order chi connectivity index (χ0) is 29.4. The molecule has 0 aliphatic carbocycles. The van der Waals surface area contributed by atoms with Gasteiger partial charge in [-0.25, -0.2) is 0 Å². The number of rotatable bonds is 12. The number of aromatic nitrogens is 3. The number of nitrogens with zero attached hydrogens (tertiary/aromatic N) is 3. The fourth-order valence-electron chi connectivity index (χ4n) is 3.88. The van der Waals surface area contributed by atoms with Gasteiger partial charge in [0.1, 0.15) is 5.75 Å². The number of anilines is 1. The molecule has 41 heavy (non-hydrogen) atoms. The Bertz CT molecular complexity index is 1530. The fourth-order valence-corrected chi connectivity index (χ4v) is 4.94. The number of ether oxygens (including phenoxy) is 1. The predicted octanol–water partition coefficient (Wildman–Crippen LogP) is 7.03. The lowest BCUT2D eigenvalue weighted by molar-refractivity contribution is -0.113. The zero-order valence-corrected chi connectivity index (χ0v) is 25.4. The van der Waals surface area contributed by atoms with E-state index in [0.29, 0.717) is 38.9 Å². The molecule has 0 saturated heterocycles. The molecule has 8 nitrogen and oxygen atoms in total. The second kappa shape index (κ2) is 14.4. The maximum Gasteiger partial charge on any atom is 0.251 e. The van der Waals surface area contributed by atoms with Gasteiger partial charge >= 0.3 is 0 Å². The first-order valence-electron chi connectivity index (χ1n) is 13.2. The monoisotopic (exact) mass is 611 g/mol. The number of aryl methyl sites for hydroxylation is 2. The van der Waals surface area contributed by atoms with Gasteiger partial charge in [-0.1, -0.05) is 60.4 Å². The third kappa shape index (κ3) is 8.25. The highest BCUT2D eigenvalue weighted by atomic mass is 35.5. The lowest BCUT2D eigenvalue weighted by atomic mass is 10.1. The Labute approximate surface area is 253 Å². The van der Waals surface area contributed by atoms with Crippen molar-refractivity contribution in [3.8, 4) is 11.4 Å². The number of nitrogens with one attached hydrogen (secondary N) is 2. The van der Waals surface area contributed by atoms with Crippen LogP contribution < -0.4 is 15.4 Å². The van der Waals surface area contributed by atoms with Gasteiger partial charge in [-0.15, -0.1) is 10.2 Å². The summed E-state index contributed by atoms with van der Waals surface area (Å²) in [4.78, 5) is 25.7. The molecule has 0 saturated carbocycles. The quantitative estimate of drug-likeness (QED) is 0.132. The van der Waals surface area contributed by atoms with Crippen molar-refractivity contribution < 1.29 is 14.3 Å². The van der Waals surface area contributed by atoms with Crippen molar-refractivity contribution in [3.63, 3.8) is 0 Å². The average molecular weight is 613 g/mol. The number of thioether (sulfide) groups is 1. The number of carbonyl (C=O) groups is 2. The molecule has 2 amide bonds. The molecule has 0 bridgehead atoms. The summed E-state index contributed by atoms with van der Waals surface area (Å²) in [6, 6.07) is 18.0. The van der Waals surface area contributed by atoms with Crippen LogP contribution in [0.25, 0.3) is 5.69 Å². The van der Waals surface area contributed by atoms with Crippen LogP contribution in [0.3, 0.4) is 0 Å². The molecule has 0 aliphatic heterocycles. The molecule has 0 aliphatic rings. The highest BCUT2D eigenvalue weighted by molar-refractivity contribution is 7.99. The Kier molecular flexibility index (Phi) is 10.7. The van der Waals surface area contributed by atoms with Gasteiger partial charge in [0.2, 0.25) is 5.91 Å². The highest BCUT2D eigenvalue weighted by Crippen LogP contribution is 2.28. The van der Waals surface area contributed by atoms with Crippen LogP contribution in [0, 0.1) is 13.8 Å². The van der Waals surface area contributed by atoms with Crippen LogP contribution in [0.15, 0.2) is 65.8 Å². The summed E-state index contributed by atoms with van der Waals surface area (Å²) < 4.78 is 7.43. The summed E-state index contributed by atoms with van der Waals surface area (Å²) >= 11 is 13.7. The predicted molar refractivity (Wildman–Crippen MR) is 165 cm³/mol. The van der Waals surface area contributed by atoms with Crippen LogP contribution in [0.4, 0.5) is 5.69 Å². The topological polar surface area (TPSA) is 98.1 Å². The Balaban J connectivity index is 1.48. The minimum atomic E-state index is -0.268. The average Bonchev–Trinajstić information content (AvgIpc) is 3.37. The number of benzene rings is 3. The van der Waals surface area contributed by atoms with Gasteiger partial charge in [-0.3, -0.25) is 14.2 Å². The summed E-state index contributed by atoms with van der Waals surface area (Å²) in [5.74, 6) is 0.845. The summed E-state index contributed by atoms with van der Waals surface area (Å²) in [5.41, 5.74) is 3.95. The summed E-state index contributed by atoms with van der Waals surface area (Å²) in [5, 5.41) is 15.7. The largest absolute Gasteiger partial charge is 0.494 e. The van der Waals surface area contributed by atoms with Crippen molar-refractivity contribution in [2.45, 2.75) is 45.3 Å². The minimum absolute atomic E-state index is 0.0933. The molecule has 0 fully saturated rings. The van der Waals surface area contributed by atoms with E-state index in [1.165, 1.54) is 11.8 Å². The number of carbonyl (C=O) groups excluding carboxylic acids is 2. The maximum absolute atomic E-state index is 12.9. The molecule has 4 rings (SSSR count). The van der Waals surface area contributed by atoms with Gasteiger partial charge in [-0.05, 0) is 79.9 Å². The van der Waals surface area contributed by atoms with Gasteiger partial charge in [0.25, 0.3) is 5.91 Å². The number of unbranched alkanes of at least 4 members (excludes halogenated alkanes) is 1. The molecular weight excluding hydrogens is 581 g/mol. The Morgan fingerprint density at radius 2 is 1.76 bits per heavy atom. The van der Waals surface area contributed by atoms with E-state index in [-0.39, 0.29) is 24.1 Å². The first-order chi connectivity index (χ1) is 19.7. The van der Waals surface area contributed by atoms with Crippen molar-refractivity contribution >= 4 is 52.5 Å². The standard InChI is InChI=1S/C30H31Cl2N5O3S/c1-4-5-14-40-23-11-8-21(9-12-23)29(39)33-17-27-35-36-30(37(27)22-10-13-24(31)25(32)16-22)41-18-28(38)34-26-15-19(2)6-7-20(26)3/h6-13,15-16H,4-5,14,17-18H2,1-3H3,(H,33,39)(H,34,38). The van der Waals surface area contributed by atoms with Crippen molar-refractivity contribution in [1.82, 2.24) is 20.1 Å². The third-order valence-corrected chi connectivity index (χ3v) is 7.82. The van der Waals surface area contributed by atoms with Crippen molar-refractivity contribution in [1.29, 1.82) is 0 Å². The van der Waals surface area contributed by atoms with Crippen LogP contribution in [-0.2, 0) is 11.3 Å². The van der Waals surface area contributed by atoms with Crippen LogP contribution in [0.1, 0.15) is 47.1 Å². The lowest BCUT2D eigenvalue weighted by Crippen LogP contribution is -2.24. The van der Waals surface area contributed by atoms with E-state index in [1.807, 2.05) is 32.0 Å². The Morgan fingerprint density at radius 3 is 2.49 bits per heavy atom. The van der Waals surface area contributed by atoms with Crippen molar-refractivity contribution in [3.05, 3.63) is 93.2 Å². The Morgan fingerprint density at radius 1 is 0.976 bits per heavy atom. The summed E-state index contributed by atoms with van der Waals surface area (Å²) in [6.45, 7) is 6.75. The minimum Gasteiger partial charge on any atom is -0.494 e. The molecule has 214 valence electrons. The first kappa shape index (κ1) is 30.4. The molecule has 0 spiro atoms. The first-order valence-corrected chi connectivity index (χ1v) is 14.9. The lowest BCUT2D eigenvalue weighted by Gasteiger charge is -2.13. The molecule has 1 heterocycles. The van der Waals surface area contributed by atoms with Crippen molar-refractivity contribution in [2.75, 3.05) is 17.7 Å². The van der Waals surface area contributed by atoms with E-state index < -0.39 is 0 Å². The summed E-state index contributed by atoms with van der Waals surface area (Å²) in [6.07, 6.45) is 2.02. The smallest absolute Gasteiger partial charge is 0.251 e. The molecule has 0 radical (unpaired) electrons. The van der Waals surface area contributed by atoms with Gasteiger partial charge in [0.15, 0.2) is 11.0 Å². The second-order valence-electron chi connectivity index (χ2n) is 9.40. The van der Waals surface area contributed by atoms with E-state index in [9.17, 15) is 9.59 Å². The SMILES string of the molecule is CCCCOc1ccc(C(=O)NCc2nnc(SCC(=O)Nc3cc(C)ccc3C)n2-c2ccc(Cl)c(Cl)c2)cc1. The van der Waals surface area contributed by atoms with Crippen LogP contribution in [0.5, 0.6) is 5.75 Å². The van der Waals surface area contributed by atoms with Gasteiger partial charge in [0.05, 0.1) is 34.6 Å².